The summed E-state index contributed by atoms with van der Waals surface area (Å²) in [5, 5.41) is 0.357. The summed E-state index contributed by atoms with van der Waals surface area (Å²) in [4.78, 5) is 20.3. The predicted molar refractivity (Wildman–Crippen MR) is 129 cm³/mol. The van der Waals surface area contributed by atoms with Gasteiger partial charge in [-0.05, 0) is 56.2 Å². The quantitative estimate of drug-likeness (QED) is 0.399. The molecule has 0 N–H and O–H groups in total. The van der Waals surface area contributed by atoms with Crippen molar-refractivity contribution in [3.8, 4) is 10.9 Å². The number of benzene rings is 1. The van der Waals surface area contributed by atoms with Crippen LogP contribution in [0.15, 0.2) is 30.3 Å². The Balaban J connectivity index is 1.13. The molecule has 1 aliphatic carbocycles. The summed E-state index contributed by atoms with van der Waals surface area (Å²) >= 11 is 1.40. The molecule has 1 fully saturated rings. The molecular weight excluding hydrogens is 458 g/mol. The van der Waals surface area contributed by atoms with Gasteiger partial charge in [0.05, 0.1) is 5.69 Å². The molecule has 2 aromatic rings. The van der Waals surface area contributed by atoms with Crippen molar-refractivity contribution in [1.82, 2.24) is 9.88 Å². The van der Waals surface area contributed by atoms with Crippen molar-refractivity contribution in [2.24, 2.45) is 11.8 Å². The van der Waals surface area contributed by atoms with E-state index >= 15 is 0 Å². The number of thiazole rings is 1. The van der Waals surface area contributed by atoms with Gasteiger partial charge in [0.25, 0.3) is 11.1 Å². The van der Waals surface area contributed by atoms with Crippen LogP contribution in [0.25, 0.3) is 0 Å². The molecule has 1 saturated carbocycles. The molecule has 0 radical (unpaired) electrons. The topological polar surface area (TPSA) is 51.7 Å². The molecule has 2 aliphatic rings. The molecule has 2 heterocycles. The van der Waals surface area contributed by atoms with Gasteiger partial charge in [0, 0.05) is 31.3 Å². The van der Waals surface area contributed by atoms with Crippen molar-refractivity contribution < 1.29 is 23.0 Å². The maximum atomic E-state index is 13.0. The van der Waals surface area contributed by atoms with Gasteiger partial charge in [0.15, 0.2) is 12.4 Å². The van der Waals surface area contributed by atoms with E-state index < -0.39 is 12.5 Å². The third-order valence-electron chi connectivity index (χ3n) is 6.72. The molecule has 8 heteroatoms. The van der Waals surface area contributed by atoms with E-state index in [1.165, 1.54) is 24.2 Å². The monoisotopic (exact) mass is 492 g/mol. The highest BCUT2D eigenvalue weighted by Crippen LogP contribution is 2.34. The maximum Gasteiger partial charge on any atom is 0.278 e. The zero-order valence-electron chi connectivity index (χ0n) is 19.8. The number of Topliss-reactive ketones (excluding diaryl/α,β-unsaturated/α-hetero) is 1. The Hall–Kier alpha value is -2.06. The van der Waals surface area contributed by atoms with E-state index in [9.17, 15) is 13.6 Å². The van der Waals surface area contributed by atoms with Crippen molar-refractivity contribution >= 4 is 17.1 Å². The molecule has 1 aliphatic heterocycles. The minimum absolute atomic E-state index is 0.158. The highest BCUT2D eigenvalue weighted by molar-refractivity contribution is 7.13. The van der Waals surface area contributed by atoms with E-state index in [0.717, 1.165) is 68.6 Å². The van der Waals surface area contributed by atoms with Crippen molar-refractivity contribution in [3.63, 3.8) is 0 Å². The van der Waals surface area contributed by atoms with Crippen molar-refractivity contribution in [2.75, 3.05) is 26.3 Å². The Kier molecular flexibility index (Phi) is 8.53. The molecule has 0 amide bonds. The van der Waals surface area contributed by atoms with Crippen LogP contribution in [-0.2, 0) is 17.8 Å². The van der Waals surface area contributed by atoms with Crippen LogP contribution in [0.2, 0.25) is 0 Å². The largest absolute Gasteiger partial charge is 0.486 e. The number of rotatable bonds is 11. The second kappa shape index (κ2) is 11.6. The summed E-state index contributed by atoms with van der Waals surface area (Å²) in [6, 6.07) is 9.49. The van der Waals surface area contributed by atoms with Crippen LogP contribution in [0.4, 0.5) is 8.78 Å². The number of para-hydroxylation sites is 1. The van der Waals surface area contributed by atoms with Gasteiger partial charge in [-0.3, -0.25) is 9.69 Å². The summed E-state index contributed by atoms with van der Waals surface area (Å²) < 4.78 is 36.9. The molecule has 0 spiro atoms. The Bertz CT molecular complexity index is 924. The summed E-state index contributed by atoms with van der Waals surface area (Å²) in [6.45, 7) is 3.16. The molecule has 4 rings (SSSR count). The molecule has 5 nitrogen and oxygen atoms in total. The highest BCUT2D eigenvalue weighted by atomic mass is 32.1. The fraction of sp³-hybridized carbons (Fsp3) is 0.615. The summed E-state index contributed by atoms with van der Waals surface area (Å²) in [5.74, 6) is -0.738. The standard InChI is InChI=1S/C26H34F2N2O3S/c1-26(27,28)18-33-25-29-23-16-30(14-12-24(23)34-25)13-11-19-7-9-20(10-8-19)15-21(31)17-32-22-5-3-2-4-6-22/h2-6,19-20H,7-18H2,1H3. The molecule has 0 saturated heterocycles. The Morgan fingerprint density at radius 2 is 1.88 bits per heavy atom. The van der Waals surface area contributed by atoms with Crippen LogP contribution in [0.5, 0.6) is 10.9 Å². The second-order valence-electron chi connectivity index (χ2n) is 9.75. The Morgan fingerprint density at radius 1 is 1.15 bits per heavy atom. The smallest absolute Gasteiger partial charge is 0.278 e. The first-order valence-electron chi connectivity index (χ1n) is 12.2. The normalized spacial score (nSPS) is 21.1. The van der Waals surface area contributed by atoms with Crippen LogP contribution >= 0.6 is 11.3 Å². The molecule has 186 valence electrons. The predicted octanol–water partition coefficient (Wildman–Crippen LogP) is 5.77. The van der Waals surface area contributed by atoms with Gasteiger partial charge < -0.3 is 9.47 Å². The van der Waals surface area contributed by atoms with E-state index in [1.54, 1.807) is 0 Å². The summed E-state index contributed by atoms with van der Waals surface area (Å²) in [7, 11) is 0. The maximum absolute atomic E-state index is 13.0. The summed E-state index contributed by atoms with van der Waals surface area (Å²) in [5.41, 5.74) is 0.977. The molecule has 1 aromatic carbocycles. The third-order valence-corrected chi connectivity index (χ3v) is 7.79. The van der Waals surface area contributed by atoms with Gasteiger partial charge >= 0.3 is 0 Å². The first-order valence-corrected chi connectivity index (χ1v) is 13.1. The highest BCUT2D eigenvalue weighted by Gasteiger charge is 2.27. The number of ketones is 1. The van der Waals surface area contributed by atoms with Crippen molar-refractivity contribution in [1.29, 1.82) is 0 Å². The van der Waals surface area contributed by atoms with Gasteiger partial charge in [-0.1, -0.05) is 42.4 Å². The van der Waals surface area contributed by atoms with Crippen molar-refractivity contribution in [3.05, 3.63) is 40.9 Å². The zero-order valence-corrected chi connectivity index (χ0v) is 20.6. The average Bonchev–Trinajstić information content (AvgIpc) is 3.24. The number of aromatic nitrogens is 1. The lowest BCUT2D eigenvalue weighted by Gasteiger charge is -2.31. The molecule has 0 unspecified atom stereocenters. The Labute approximate surface area is 204 Å². The Morgan fingerprint density at radius 3 is 2.62 bits per heavy atom. The van der Waals surface area contributed by atoms with Crippen LogP contribution in [0.1, 0.15) is 56.0 Å². The number of nitrogens with zero attached hydrogens (tertiary/aromatic N) is 2. The fourth-order valence-corrected chi connectivity index (χ4v) is 5.73. The van der Waals surface area contributed by atoms with Gasteiger partial charge in [0.2, 0.25) is 0 Å². The van der Waals surface area contributed by atoms with Crippen LogP contribution in [0.3, 0.4) is 0 Å². The van der Waals surface area contributed by atoms with Gasteiger partial charge in [-0.2, -0.15) is 0 Å². The number of fused-ring (bicyclic) bond motifs is 1. The summed E-state index contributed by atoms with van der Waals surface area (Å²) in [6.07, 6.45) is 7.25. The molecule has 1 aromatic heterocycles. The number of hydrogen-bond donors (Lipinski definition) is 0. The zero-order chi connectivity index (χ0) is 24.0. The van der Waals surface area contributed by atoms with E-state index in [2.05, 4.69) is 9.88 Å². The van der Waals surface area contributed by atoms with Crippen molar-refractivity contribution in [2.45, 2.75) is 64.3 Å². The number of hydrogen-bond acceptors (Lipinski definition) is 6. The van der Waals surface area contributed by atoms with E-state index in [-0.39, 0.29) is 12.4 Å². The minimum Gasteiger partial charge on any atom is -0.486 e. The van der Waals surface area contributed by atoms with Gasteiger partial charge in [-0.25, -0.2) is 13.8 Å². The number of carbonyl (C=O) groups excluding carboxylic acids is 1. The lowest BCUT2D eigenvalue weighted by atomic mass is 9.78. The lowest BCUT2D eigenvalue weighted by molar-refractivity contribution is -0.122. The van der Waals surface area contributed by atoms with Crippen LogP contribution in [-0.4, -0.2) is 47.9 Å². The number of carbonyl (C=O) groups is 1. The van der Waals surface area contributed by atoms with Gasteiger partial charge in [-0.15, -0.1) is 0 Å². The molecular formula is C26H34F2N2O3S. The minimum atomic E-state index is -2.85. The molecule has 0 bridgehead atoms. The van der Waals surface area contributed by atoms with Gasteiger partial charge in [0.1, 0.15) is 12.4 Å². The van der Waals surface area contributed by atoms with E-state index in [4.69, 9.17) is 9.47 Å². The third kappa shape index (κ3) is 7.73. The average molecular weight is 493 g/mol. The number of halogens is 2. The first kappa shape index (κ1) is 25.0. The van der Waals surface area contributed by atoms with E-state index in [1.807, 2.05) is 30.3 Å². The van der Waals surface area contributed by atoms with E-state index in [0.29, 0.717) is 23.5 Å². The lowest BCUT2D eigenvalue weighted by Crippen LogP contribution is -2.32. The second-order valence-corrected chi connectivity index (χ2v) is 10.8. The molecule has 0 atom stereocenters. The number of ether oxygens (including phenoxy) is 2. The van der Waals surface area contributed by atoms with Crippen LogP contribution < -0.4 is 9.47 Å². The molecule has 34 heavy (non-hydrogen) atoms. The van der Waals surface area contributed by atoms with Crippen LogP contribution in [0, 0.1) is 11.8 Å². The fourth-order valence-electron chi connectivity index (χ4n) is 4.82. The SMILES string of the molecule is CC(F)(F)COc1nc2c(s1)CCN(CCC1CCC(CC(=O)COc3ccccc3)CC1)C2. The first-order chi connectivity index (χ1) is 16.3. The number of alkyl halides is 2.